The van der Waals surface area contributed by atoms with Gasteiger partial charge in [0.1, 0.15) is 0 Å². The van der Waals surface area contributed by atoms with Gasteiger partial charge in [0.2, 0.25) is 5.88 Å². The van der Waals surface area contributed by atoms with Crippen molar-refractivity contribution in [2.24, 2.45) is 0 Å². The minimum atomic E-state index is 0.0363. The largest absolute Gasteiger partial charge is 0.481 e. The topological polar surface area (TPSA) is 34.1 Å². The van der Waals surface area contributed by atoms with Crippen molar-refractivity contribution < 1.29 is 4.74 Å². The van der Waals surface area contributed by atoms with Gasteiger partial charge in [0.05, 0.1) is 18.3 Å². The molecule has 2 rings (SSSR count). The van der Waals surface area contributed by atoms with E-state index in [2.05, 4.69) is 23.3 Å². The van der Waals surface area contributed by atoms with E-state index in [4.69, 9.17) is 4.74 Å². The average molecular weight is 192 g/mol. The highest BCUT2D eigenvalue weighted by atomic mass is 16.5. The summed E-state index contributed by atoms with van der Waals surface area (Å²) in [6.45, 7) is 3.27. The molecule has 0 aliphatic carbocycles. The van der Waals surface area contributed by atoms with Gasteiger partial charge in [-0.15, -0.1) is 0 Å². The number of pyridine rings is 1. The first-order valence-corrected chi connectivity index (χ1v) is 5.01. The van der Waals surface area contributed by atoms with E-state index in [1.165, 1.54) is 6.42 Å². The number of methoxy groups -OCH3 is 1. The second kappa shape index (κ2) is 3.58. The van der Waals surface area contributed by atoms with Gasteiger partial charge in [-0.3, -0.25) is 0 Å². The van der Waals surface area contributed by atoms with Crippen LogP contribution in [0, 0.1) is 0 Å². The Bertz CT molecular complexity index is 319. The first-order valence-electron chi connectivity index (χ1n) is 5.01. The molecule has 1 aromatic heterocycles. The fraction of sp³-hybridized carbons (Fsp3) is 0.545. The lowest BCUT2D eigenvalue weighted by Gasteiger charge is -2.23. The molecule has 0 bridgehead atoms. The van der Waals surface area contributed by atoms with Crippen LogP contribution in [0.4, 0.5) is 0 Å². The highest BCUT2D eigenvalue weighted by Crippen LogP contribution is 2.29. The molecule has 1 aromatic rings. The molecule has 1 atom stereocenters. The Hall–Kier alpha value is -1.09. The minimum absolute atomic E-state index is 0.0363. The third kappa shape index (κ3) is 1.60. The molecule has 0 saturated carbocycles. The van der Waals surface area contributed by atoms with Crippen molar-refractivity contribution in [1.29, 1.82) is 0 Å². The van der Waals surface area contributed by atoms with E-state index < -0.39 is 0 Å². The van der Waals surface area contributed by atoms with Crippen molar-refractivity contribution in [2.45, 2.75) is 25.3 Å². The van der Waals surface area contributed by atoms with Crippen LogP contribution in [-0.2, 0) is 5.54 Å². The van der Waals surface area contributed by atoms with Gasteiger partial charge in [-0.1, -0.05) is 6.07 Å². The Labute approximate surface area is 84.5 Å². The van der Waals surface area contributed by atoms with E-state index in [0.29, 0.717) is 5.88 Å². The maximum absolute atomic E-state index is 5.12. The van der Waals surface area contributed by atoms with Crippen LogP contribution in [-0.4, -0.2) is 18.6 Å². The van der Waals surface area contributed by atoms with Gasteiger partial charge in [-0.05, 0) is 32.4 Å². The third-order valence-corrected chi connectivity index (χ3v) is 2.87. The first kappa shape index (κ1) is 9.46. The Morgan fingerprint density at radius 2 is 2.36 bits per heavy atom. The molecule has 1 saturated heterocycles. The van der Waals surface area contributed by atoms with Crippen LogP contribution in [0.5, 0.6) is 5.88 Å². The van der Waals surface area contributed by atoms with E-state index in [0.717, 1.165) is 18.7 Å². The van der Waals surface area contributed by atoms with E-state index in [-0.39, 0.29) is 5.54 Å². The molecule has 1 N–H and O–H groups in total. The van der Waals surface area contributed by atoms with Crippen molar-refractivity contribution in [3.05, 3.63) is 23.9 Å². The zero-order chi connectivity index (χ0) is 10.0. The van der Waals surface area contributed by atoms with Crippen molar-refractivity contribution in [3.8, 4) is 5.88 Å². The predicted molar refractivity (Wildman–Crippen MR) is 55.4 cm³/mol. The molecule has 0 radical (unpaired) electrons. The van der Waals surface area contributed by atoms with Crippen molar-refractivity contribution >= 4 is 0 Å². The number of rotatable bonds is 2. The molecular weight excluding hydrogens is 176 g/mol. The number of hydrogen-bond acceptors (Lipinski definition) is 3. The quantitative estimate of drug-likeness (QED) is 0.774. The molecule has 0 amide bonds. The molecule has 1 unspecified atom stereocenters. The standard InChI is InChI=1S/C11H16N2O/c1-11(7-4-8-12-11)9-5-3-6-10(13-9)14-2/h3,5-6,12H,4,7-8H2,1-2H3. The molecule has 3 nitrogen and oxygen atoms in total. The fourth-order valence-electron chi connectivity index (χ4n) is 1.95. The maximum atomic E-state index is 5.12. The predicted octanol–water partition coefficient (Wildman–Crippen LogP) is 1.69. The minimum Gasteiger partial charge on any atom is -0.481 e. The van der Waals surface area contributed by atoms with E-state index in [1.807, 2.05) is 12.1 Å². The molecular formula is C11H16N2O. The molecule has 3 heteroatoms. The molecule has 1 aliphatic heterocycles. The smallest absolute Gasteiger partial charge is 0.213 e. The van der Waals surface area contributed by atoms with Gasteiger partial charge in [0, 0.05) is 6.07 Å². The SMILES string of the molecule is COc1cccc(C2(C)CCCN2)n1. The summed E-state index contributed by atoms with van der Waals surface area (Å²) in [5, 5.41) is 3.48. The van der Waals surface area contributed by atoms with Gasteiger partial charge in [-0.25, -0.2) is 4.98 Å². The molecule has 14 heavy (non-hydrogen) atoms. The number of hydrogen-bond donors (Lipinski definition) is 1. The van der Waals surface area contributed by atoms with Crippen molar-refractivity contribution in [1.82, 2.24) is 10.3 Å². The maximum Gasteiger partial charge on any atom is 0.213 e. The molecule has 0 aromatic carbocycles. The van der Waals surface area contributed by atoms with Crippen LogP contribution >= 0.6 is 0 Å². The second-order valence-electron chi connectivity index (χ2n) is 3.93. The van der Waals surface area contributed by atoms with Gasteiger partial charge in [0.25, 0.3) is 0 Å². The monoisotopic (exact) mass is 192 g/mol. The second-order valence-corrected chi connectivity index (χ2v) is 3.93. The Balaban J connectivity index is 2.30. The number of nitrogens with zero attached hydrogens (tertiary/aromatic N) is 1. The summed E-state index contributed by atoms with van der Waals surface area (Å²) in [6.07, 6.45) is 2.36. The zero-order valence-corrected chi connectivity index (χ0v) is 8.71. The lowest BCUT2D eigenvalue weighted by Crippen LogP contribution is -2.34. The summed E-state index contributed by atoms with van der Waals surface area (Å²) in [4.78, 5) is 4.46. The van der Waals surface area contributed by atoms with Crippen LogP contribution in [0.15, 0.2) is 18.2 Å². The third-order valence-electron chi connectivity index (χ3n) is 2.87. The molecule has 1 aliphatic rings. The Kier molecular flexibility index (Phi) is 2.42. The van der Waals surface area contributed by atoms with E-state index in [9.17, 15) is 0 Å². The normalized spacial score (nSPS) is 26.4. The summed E-state index contributed by atoms with van der Waals surface area (Å²) in [5.74, 6) is 0.692. The lowest BCUT2D eigenvalue weighted by atomic mass is 9.95. The van der Waals surface area contributed by atoms with Crippen LogP contribution < -0.4 is 10.1 Å². The summed E-state index contributed by atoms with van der Waals surface area (Å²) in [7, 11) is 1.65. The summed E-state index contributed by atoms with van der Waals surface area (Å²) in [6, 6.07) is 5.93. The number of nitrogens with one attached hydrogen (secondary N) is 1. The Morgan fingerprint density at radius 1 is 1.50 bits per heavy atom. The van der Waals surface area contributed by atoms with Crippen molar-refractivity contribution in [3.63, 3.8) is 0 Å². The van der Waals surface area contributed by atoms with Crippen LogP contribution in [0.1, 0.15) is 25.5 Å². The zero-order valence-electron chi connectivity index (χ0n) is 8.71. The summed E-state index contributed by atoms with van der Waals surface area (Å²) in [5.41, 5.74) is 1.11. The summed E-state index contributed by atoms with van der Waals surface area (Å²) < 4.78 is 5.12. The first-order chi connectivity index (χ1) is 6.74. The number of aromatic nitrogens is 1. The van der Waals surface area contributed by atoms with E-state index in [1.54, 1.807) is 7.11 Å². The molecule has 0 spiro atoms. The average Bonchev–Trinajstić information content (AvgIpc) is 2.67. The van der Waals surface area contributed by atoms with Gasteiger partial charge in [0.15, 0.2) is 0 Å². The van der Waals surface area contributed by atoms with Crippen LogP contribution in [0.25, 0.3) is 0 Å². The van der Waals surface area contributed by atoms with Gasteiger partial charge < -0.3 is 10.1 Å². The molecule has 2 heterocycles. The lowest BCUT2D eigenvalue weighted by molar-refractivity contribution is 0.377. The molecule has 1 fully saturated rings. The van der Waals surface area contributed by atoms with E-state index >= 15 is 0 Å². The van der Waals surface area contributed by atoms with Crippen LogP contribution in [0.3, 0.4) is 0 Å². The Morgan fingerprint density at radius 3 is 3.00 bits per heavy atom. The highest BCUT2D eigenvalue weighted by molar-refractivity contribution is 5.22. The van der Waals surface area contributed by atoms with Crippen LogP contribution in [0.2, 0.25) is 0 Å². The molecule has 76 valence electrons. The highest BCUT2D eigenvalue weighted by Gasteiger charge is 2.31. The fourth-order valence-corrected chi connectivity index (χ4v) is 1.95. The number of ether oxygens (including phenoxy) is 1. The van der Waals surface area contributed by atoms with Gasteiger partial charge >= 0.3 is 0 Å². The van der Waals surface area contributed by atoms with Crippen molar-refractivity contribution in [2.75, 3.05) is 13.7 Å². The van der Waals surface area contributed by atoms with Gasteiger partial charge in [-0.2, -0.15) is 0 Å². The summed E-state index contributed by atoms with van der Waals surface area (Å²) >= 11 is 0.